The number of hydrogen-bond donors (Lipinski definition) is 0. The van der Waals surface area contributed by atoms with E-state index in [1.54, 1.807) is 0 Å². The largest absolute Gasteiger partial charge is 0.545 e. The highest BCUT2D eigenvalue weighted by Crippen LogP contribution is 2.20. The molecule has 0 aliphatic carbocycles. The van der Waals surface area contributed by atoms with Crippen LogP contribution in [0.15, 0.2) is 72.9 Å². The van der Waals surface area contributed by atoms with Gasteiger partial charge in [-0.3, -0.25) is 9.59 Å². The van der Waals surface area contributed by atoms with Crippen molar-refractivity contribution in [2.24, 2.45) is 0 Å². The molecular weight excluding hydrogens is 1200 g/mol. The first-order valence-electron chi connectivity index (χ1n) is 42.1. The lowest BCUT2D eigenvalue weighted by Crippen LogP contribution is -2.44. The third-order valence-corrected chi connectivity index (χ3v) is 19.0. The highest BCUT2D eigenvalue weighted by molar-refractivity contribution is 5.70. The lowest BCUT2D eigenvalue weighted by Gasteiger charge is -2.26. The molecule has 9 nitrogen and oxygen atoms in total. The number of aliphatic carboxylic acids is 1. The summed E-state index contributed by atoms with van der Waals surface area (Å²) in [6.07, 6.45) is 103. The number of allylic oxidation sites excluding steroid dienone is 12. The van der Waals surface area contributed by atoms with Gasteiger partial charge in [0.05, 0.1) is 40.3 Å². The van der Waals surface area contributed by atoms with E-state index in [2.05, 4.69) is 86.8 Å². The van der Waals surface area contributed by atoms with E-state index in [0.29, 0.717) is 23.9 Å². The molecular formula is C88H161NO8. The summed E-state index contributed by atoms with van der Waals surface area (Å²) in [5, 5.41) is 11.9. The Balaban J connectivity index is 3.94. The van der Waals surface area contributed by atoms with Gasteiger partial charge in [-0.25, -0.2) is 0 Å². The van der Waals surface area contributed by atoms with Crippen molar-refractivity contribution in [3.05, 3.63) is 72.9 Å². The molecule has 97 heavy (non-hydrogen) atoms. The minimum absolute atomic E-state index is 0.147. The van der Waals surface area contributed by atoms with Crippen molar-refractivity contribution in [1.82, 2.24) is 0 Å². The highest BCUT2D eigenvalue weighted by Gasteiger charge is 2.22. The number of likely N-dealkylation sites (N-methyl/N-ethyl adjacent to an activating group) is 1. The van der Waals surface area contributed by atoms with Crippen LogP contribution >= 0.6 is 0 Å². The van der Waals surface area contributed by atoms with Gasteiger partial charge in [-0.2, -0.15) is 0 Å². The van der Waals surface area contributed by atoms with E-state index in [0.717, 1.165) is 77.0 Å². The number of carbonyl (C=O) groups excluding carboxylic acids is 3. The molecule has 0 amide bonds. The number of carboxylic acids is 1. The van der Waals surface area contributed by atoms with Crippen LogP contribution < -0.4 is 5.11 Å². The Kier molecular flexibility index (Phi) is 75.8. The predicted octanol–water partition coefficient (Wildman–Crippen LogP) is 25.8. The number of nitrogens with zero attached hydrogens (tertiary/aromatic N) is 1. The standard InChI is InChI=1S/C88H161NO8/c1-6-8-10-12-14-16-18-20-22-24-26-28-30-32-34-36-38-39-40-41-42-43-44-45-46-47-49-50-52-54-56-58-60-62-64-66-68-70-72-74-76-78-85(90)95-82-84(83-96-88(87(92)93)94-81-80-89(3,4)5)97-86(91)79-77-75-73-71-69-67-65-63-61-59-57-55-53-51-48-37-35-33-31-29-27-25-23-21-19-17-15-13-11-9-7-2/h9,11,15,17,21,23,27,29,33,35,48,51,84,88H,6-8,10,12-14,16,18-20,22,24-26,28,30-32,34,36-47,49-50,52-83H2,1-5H3/b11-9-,17-15-,23-21-,29-27-,35-33-,51-48-. The number of unbranched alkanes of at least 4 members (excludes halogenated alkanes) is 52. The molecule has 2 atom stereocenters. The molecule has 566 valence electrons. The second kappa shape index (κ2) is 78.4. The number of rotatable bonds is 79. The summed E-state index contributed by atoms with van der Waals surface area (Å²) in [4.78, 5) is 37.6. The molecule has 0 saturated heterocycles. The van der Waals surface area contributed by atoms with Crippen molar-refractivity contribution in [3.8, 4) is 0 Å². The van der Waals surface area contributed by atoms with Crippen molar-refractivity contribution in [3.63, 3.8) is 0 Å². The van der Waals surface area contributed by atoms with Gasteiger partial charge in [-0.1, -0.05) is 408 Å². The second-order valence-electron chi connectivity index (χ2n) is 29.8. The molecule has 0 rings (SSSR count). The summed E-state index contributed by atoms with van der Waals surface area (Å²) >= 11 is 0. The molecule has 0 aromatic rings. The molecule has 0 aliphatic rings. The fourth-order valence-electron chi connectivity index (χ4n) is 12.6. The third-order valence-electron chi connectivity index (χ3n) is 19.0. The molecule has 0 N–H and O–H groups in total. The molecule has 0 fully saturated rings. The van der Waals surface area contributed by atoms with Crippen molar-refractivity contribution >= 4 is 17.9 Å². The van der Waals surface area contributed by atoms with Crippen LogP contribution in [0, 0.1) is 0 Å². The average molecular weight is 1360 g/mol. The minimum Gasteiger partial charge on any atom is -0.545 e. The van der Waals surface area contributed by atoms with E-state index in [9.17, 15) is 19.5 Å². The van der Waals surface area contributed by atoms with Crippen molar-refractivity contribution < 1.29 is 42.9 Å². The van der Waals surface area contributed by atoms with E-state index in [1.807, 2.05) is 21.1 Å². The molecule has 0 bridgehead atoms. The predicted molar refractivity (Wildman–Crippen MR) is 417 cm³/mol. The van der Waals surface area contributed by atoms with Gasteiger partial charge in [0.25, 0.3) is 0 Å². The number of esters is 2. The molecule has 0 heterocycles. The maximum absolute atomic E-state index is 13.0. The Morgan fingerprint density at radius 1 is 0.320 bits per heavy atom. The van der Waals surface area contributed by atoms with Crippen molar-refractivity contribution in [2.45, 2.75) is 424 Å². The van der Waals surface area contributed by atoms with Crippen LogP contribution in [-0.4, -0.2) is 82.3 Å². The molecule has 0 radical (unpaired) electrons. The minimum atomic E-state index is -1.62. The summed E-state index contributed by atoms with van der Waals surface area (Å²) in [5.41, 5.74) is 0. The van der Waals surface area contributed by atoms with Crippen molar-refractivity contribution in [1.29, 1.82) is 0 Å². The molecule has 0 aromatic heterocycles. The Morgan fingerprint density at radius 3 is 0.876 bits per heavy atom. The van der Waals surface area contributed by atoms with Gasteiger partial charge in [0.2, 0.25) is 0 Å². The highest BCUT2D eigenvalue weighted by atomic mass is 16.7. The van der Waals surface area contributed by atoms with Gasteiger partial charge in [0.1, 0.15) is 13.2 Å². The maximum atomic E-state index is 13.0. The van der Waals surface area contributed by atoms with Crippen LogP contribution in [0.2, 0.25) is 0 Å². The fraction of sp³-hybridized carbons (Fsp3) is 0.830. The lowest BCUT2D eigenvalue weighted by molar-refractivity contribution is -0.870. The van der Waals surface area contributed by atoms with Gasteiger partial charge < -0.3 is 33.3 Å². The molecule has 0 aliphatic heterocycles. The van der Waals surface area contributed by atoms with Crippen LogP contribution in [0.1, 0.15) is 412 Å². The smallest absolute Gasteiger partial charge is 0.306 e. The Labute approximate surface area is 602 Å². The number of ether oxygens (including phenoxy) is 4. The Hall–Kier alpha value is -3.27. The van der Waals surface area contributed by atoms with Crippen LogP contribution in [0.25, 0.3) is 0 Å². The molecule has 9 heteroatoms. The first-order valence-corrected chi connectivity index (χ1v) is 42.1. The second-order valence-corrected chi connectivity index (χ2v) is 29.8. The van der Waals surface area contributed by atoms with Gasteiger partial charge >= 0.3 is 11.9 Å². The third kappa shape index (κ3) is 79.9. The van der Waals surface area contributed by atoms with E-state index in [-0.39, 0.29) is 32.2 Å². The zero-order valence-corrected chi connectivity index (χ0v) is 65.0. The number of quaternary nitrogens is 1. The van der Waals surface area contributed by atoms with E-state index < -0.39 is 24.3 Å². The summed E-state index contributed by atoms with van der Waals surface area (Å²) in [6, 6.07) is 0. The van der Waals surface area contributed by atoms with Crippen LogP contribution in [-0.2, 0) is 33.3 Å². The quantitative estimate of drug-likeness (QED) is 0.0195. The van der Waals surface area contributed by atoms with Crippen LogP contribution in [0.4, 0.5) is 0 Å². The van der Waals surface area contributed by atoms with E-state index >= 15 is 0 Å². The first-order chi connectivity index (χ1) is 47.6. The molecule has 0 aromatic carbocycles. The monoisotopic (exact) mass is 1360 g/mol. The molecule has 2 unspecified atom stereocenters. The summed E-state index contributed by atoms with van der Waals surface area (Å²) < 4.78 is 22.9. The van der Waals surface area contributed by atoms with Gasteiger partial charge in [0.15, 0.2) is 12.4 Å². The van der Waals surface area contributed by atoms with E-state index in [4.69, 9.17) is 18.9 Å². The number of hydrogen-bond acceptors (Lipinski definition) is 8. The molecule has 0 saturated carbocycles. The number of carboxylic acid groups (broad SMARTS) is 1. The fourth-order valence-corrected chi connectivity index (χ4v) is 12.6. The first kappa shape index (κ1) is 93.7. The average Bonchev–Trinajstić information content (AvgIpc) is 2.39. The summed E-state index contributed by atoms with van der Waals surface area (Å²) in [7, 11) is 5.95. The normalized spacial score (nSPS) is 13.0. The Morgan fingerprint density at radius 2 is 0.588 bits per heavy atom. The topological polar surface area (TPSA) is 111 Å². The maximum Gasteiger partial charge on any atom is 0.306 e. The number of carbonyl (C=O) groups is 3. The van der Waals surface area contributed by atoms with Crippen molar-refractivity contribution in [2.75, 3.05) is 47.5 Å². The van der Waals surface area contributed by atoms with Crippen LogP contribution in [0.5, 0.6) is 0 Å². The van der Waals surface area contributed by atoms with E-state index in [1.165, 1.54) is 302 Å². The molecule has 0 spiro atoms. The summed E-state index contributed by atoms with van der Waals surface area (Å²) in [6.45, 7) is 4.70. The van der Waals surface area contributed by atoms with Gasteiger partial charge in [-0.15, -0.1) is 0 Å². The van der Waals surface area contributed by atoms with Gasteiger partial charge in [0, 0.05) is 12.8 Å². The lowest BCUT2D eigenvalue weighted by atomic mass is 10.0. The summed E-state index contributed by atoms with van der Waals surface area (Å²) in [5.74, 6) is -2.26. The van der Waals surface area contributed by atoms with Gasteiger partial charge in [-0.05, 0) is 64.2 Å². The zero-order valence-electron chi connectivity index (χ0n) is 65.0. The van der Waals surface area contributed by atoms with Crippen LogP contribution in [0.3, 0.4) is 0 Å². The SMILES string of the molecule is CC/C=C\C/C=C\C/C=C\C/C=C\C/C=C\C/C=C\CCCCCCCCCCCCCCC(=O)OC(COC(=O)CCCCCCCCCCCCCCCCCCCCCCCCCCCCCCCCCCCCCCCCCCC)COC(OCC[N+](C)(C)C)C(=O)[O-]. The Bertz CT molecular complexity index is 1830. The zero-order chi connectivity index (χ0) is 70.4.